The molecule has 3 N–H and O–H groups in total. The number of hydrogen-bond donors (Lipinski definition) is 2. The molecule has 1 unspecified atom stereocenters. The van der Waals surface area contributed by atoms with Crippen molar-refractivity contribution in [1.82, 2.24) is 14.9 Å². The van der Waals surface area contributed by atoms with Crippen molar-refractivity contribution in [2.75, 3.05) is 6.54 Å². The van der Waals surface area contributed by atoms with Crippen molar-refractivity contribution in [2.24, 2.45) is 12.8 Å². The molecular weight excluding hydrogens is 264 g/mol. The third kappa shape index (κ3) is 3.94. The number of benzene rings is 1. The third-order valence-corrected chi connectivity index (χ3v) is 3.01. The van der Waals surface area contributed by atoms with Crippen LogP contribution in [-0.4, -0.2) is 22.0 Å². The zero-order chi connectivity index (χ0) is 15.2. The molecule has 108 valence electrons. The van der Waals surface area contributed by atoms with Crippen LogP contribution in [0.3, 0.4) is 0 Å². The maximum absolute atomic E-state index is 12.1. The van der Waals surface area contributed by atoms with E-state index >= 15 is 0 Å². The fourth-order valence-corrected chi connectivity index (χ4v) is 1.92. The average Bonchev–Trinajstić information content (AvgIpc) is 2.92. The van der Waals surface area contributed by atoms with Crippen LogP contribution in [0.15, 0.2) is 36.8 Å². The van der Waals surface area contributed by atoms with Crippen LogP contribution < -0.4 is 11.1 Å². The van der Waals surface area contributed by atoms with Crippen molar-refractivity contribution in [3.05, 3.63) is 53.6 Å². The highest BCUT2D eigenvalue weighted by molar-refractivity contribution is 5.92. The molecule has 0 fully saturated rings. The molecule has 5 nitrogen and oxygen atoms in total. The Balaban J connectivity index is 2.09. The number of nitrogens with one attached hydrogen (secondary N) is 1. The van der Waals surface area contributed by atoms with E-state index in [2.05, 4.69) is 22.1 Å². The van der Waals surface area contributed by atoms with Crippen molar-refractivity contribution in [2.45, 2.75) is 13.0 Å². The standard InChI is InChI=1S/C16H18N4O/c1-12(19-16(21)15-10-20(2)11-18-15)14-7-3-5-13(9-14)6-4-8-17/h3,5,7,9-12H,8,17H2,1-2H3,(H,19,21). The molecule has 1 aromatic heterocycles. The van der Waals surface area contributed by atoms with E-state index in [-0.39, 0.29) is 11.9 Å². The second-order valence-corrected chi connectivity index (χ2v) is 4.75. The van der Waals surface area contributed by atoms with Gasteiger partial charge in [-0.2, -0.15) is 0 Å². The third-order valence-electron chi connectivity index (χ3n) is 3.01. The van der Waals surface area contributed by atoms with Gasteiger partial charge in [0.15, 0.2) is 0 Å². The predicted octanol–water partition coefficient (Wildman–Crippen LogP) is 1.22. The molecule has 0 aliphatic carbocycles. The van der Waals surface area contributed by atoms with Crippen LogP contribution in [-0.2, 0) is 7.05 Å². The smallest absolute Gasteiger partial charge is 0.271 e. The van der Waals surface area contributed by atoms with Gasteiger partial charge in [0.05, 0.1) is 18.9 Å². The number of hydrogen-bond acceptors (Lipinski definition) is 3. The van der Waals surface area contributed by atoms with Gasteiger partial charge < -0.3 is 15.6 Å². The van der Waals surface area contributed by atoms with Crippen LogP contribution in [0.25, 0.3) is 0 Å². The second kappa shape index (κ2) is 6.73. The molecule has 21 heavy (non-hydrogen) atoms. The van der Waals surface area contributed by atoms with E-state index in [9.17, 15) is 4.79 Å². The normalized spacial score (nSPS) is 11.4. The van der Waals surface area contributed by atoms with Gasteiger partial charge in [0, 0.05) is 18.8 Å². The van der Waals surface area contributed by atoms with Gasteiger partial charge in [-0.15, -0.1) is 0 Å². The number of imidazole rings is 1. The number of carbonyl (C=O) groups is 1. The number of rotatable bonds is 3. The number of nitrogens with zero attached hydrogens (tertiary/aromatic N) is 2. The molecule has 2 rings (SSSR count). The Labute approximate surface area is 124 Å². The molecule has 0 aliphatic rings. The minimum atomic E-state index is -0.193. The fraction of sp³-hybridized carbons (Fsp3) is 0.250. The van der Waals surface area contributed by atoms with Gasteiger partial charge in [-0.3, -0.25) is 4.79 Å². The average molecular weight is 282 g/mol. The molecular formula is C16H18N4O. The Morgan fingerprint density at radius 3 is 3.00 bits per heavy atom. The monoisotopic (exact) mass is 282 g/mol. The van der Waals surface area contributed by atoms with Gasteiger partial charge in [-0.05, 0) is 24.6 Å². The van der Waals surface area contributed by atoms with E-state index in [0.717, 1.165) is 11.1 Å². The lowest BCUT2D eigenvalue weighted by molar-refractivity contribution is 0.0935. The molecule has 0 bridgehead atoms. The van der Waals surface area contributed by atoms with Gasteiger partial charge in [0.2, 0.25) is 0 Å². The van der Waals surface area contributed by atoms with Crippen LogP contribution in [0, 0.1) is 11.8 Å². The van der Waals surface area contributed by atoms with E-state index in [4.69, 9.17) is 5.73 Å². The van der Waals surface area contributed by atoms with E-state index in [1.54, 1.807) is 17.1 Å². The highest BCUT2D eigenvalue weighted by Gasteiger charge is 2.13. The first-order chi connectivity index (χ1) is 10.1. The van der Waals surface area contributed by atoms with Gasteiger partial charge in [-0.25, -0.2) is 4.98 Å². The lowest BCUT2D eigenvalue weighted by Crippen LogP contribution is -2.27. The van der Waals surface area contributed by atoms with E-state index in [1.807, 2.05) is 38.2 Å². The lowest BCUT2D eigenvalue weighted by Gasteiger charge is -2.13. The molecule has 1 heterocycles. The highest BCUT2D eigenvalue weighted by atomic mass is 16.1. The Kier molecular flexibility index (Phi) is 4.75. The summed E-state index contributed by atoms with van der Waals surface area (Å²) in [6.07, 6.45) is 3.29. The van der Waals surface area contributed by atoms with Gasteiger partial charge >= 0.3 is 0 Å². The quantitative estimate of drug-likeness (QED) is 0.831. The van der Waals surface area contributed by atoms with Crippen molar-refractivity contribution in [1.29, 1.82) is 0 Å². The predicted molar refractivity (Wildman–Crippen MR) is 81.5 cm³/mol. The fourth-order valence-electron chi connectivity index (χ4n) is 1.92. The minimum Gasteiger partial charge on any atom is -0.344 e. The first-order valence-electron chi connectivity index (χ1n) is 6.68. The summed E-state index contributed by atoms with van der Waals surface area (Å²) in [7, 11) is 1.83. The molecule has 0 aliphatic heterocycles. The molecule has 1 aromatic carbocycles. The van der Waals surface area contributed by atoms with Gasteiger partial charge in [0.1, 0.15) is 5.69 Å². The first-order valence-corrected chi connectivity index (χ1v) is 6.68. The summed E-state index contributed by atoms with van der Waals surface area (Å²) in [5.41, 5.74) is 7.65. The summed E-state index contributed by atoms with van der Waals surface area (Å²) in [5.74, 6) is 5.61. The van der Waals surface area contributed by atoms with E-state index in [1.165, 1.54) is 0 Å². The highest BCUT2D eigenvalue weighted by Crippen LogP contribution is 2.14. The molecule has 1 amide bonds. The minimum absolute atomic E-state index is 0.126. The molecule has 1 atom stereocenters. The van der Waals surface area contributed by atoms with Gasteiger partial charge in [0.25, 0.3) is 5.91 Å². The lowest BCUT2D eigenvalue weighted by atomic mass is 10.1. The Morgan fingerprint density at radius 2 is 2.33 bits per heavy atom. The van der Waals surface area contributed by atoms with Crippen molar-refractivity contribution >= 4 is 5.91 Å². The molecule has 0 spiro atoms. The van der Waals surface area contributed by atoms with Crippen LogP contribution in [0.1, 0.15) is 34.6 Å². The van der Waals surface area contributed by atoms with Crippen LogP contribution in [0.5, 0.6) is 0 Å². The van der Waals surface area contributed by atoms with Crippen LogP contribution in [0.2, 0.25) is 0 Å². The largest absolute Gasteiger partial charge is 0.344 e. The zero-order valence-corrected chi connectivity index (χ0v) is 12.1. The number of carbonyl (C=O) groups excluding carboxylic acids is 1. The number of amides is 1. The SMILES string of the molecule is CC(NC(=O)c1cn(C)cn1)c1cccc(C#CCN)c1. The van der Waals surface area contributed by atoms with E-state index in [0.29, 0.717) is 12.2 Å². The zero-order valence-electron chi connectivity index (χ0n) is 12.1. The molecule has 5 heteroatoms. The summed E-state index contributed by atoms with van der Waals surface area (Å²) < 4.78 is 1.74. The maximum Gasteiger partial charge on any atom is 0.271 e. The molecule has 0 saturated carbocycles. The number of nitrogens with two attached hydrogens (primary N) is 1. The van der Waals surface area contributed by atoms with Crippen LogP contribution >= 0.6 is 0 Å². The van der Waals surface area contributed by atoms with Crippen LogP contribution in [0.4, 0.5) is 0 Å². The summed E-state index contributed by atoms with van der Waals surface area (Å²) >= 11 is 0. The summed E-state index contributed by atoms with van der Waals surface area (Å²) in [6, 6.07) is 7.61. The maximum atomic E-state index is 12.1. The molecule has 0 radical (unpaired) electrons. The Hall–Kier alpha value is -2.58. The van der Waals surface area contributed by atoms with Crippen molar-refractivity contribution in [3.63, 3.8) is 0 Å². The summed E-state index contributed by atoms with van der Waals surface area (Å²) in [4.78, 5) is 16.1. The second-order valence-electron chi connectivity index (χ2n) is 4.75. The van der Waals surface area contributed by atoms with Crippen molar-refractivity contribution in [3.8, 4) is 11.8 Å². The Bertz CT molecular complexity index is 694. The van der Waals surface area contributed by atoms with E-state index < -0.39 is 0 Å². The summed E-state index contributed by atoms with van der Waals surface area (Å²) in [6.45, 7) is 2.26. The van der Waals surface area contributed by atoms with Gasteiger partial charge in [-0.1, -0.05) is 24.0 Å². The number of aromatic nitrogens is 2. The molecule has 0 saturated heterocycles. The molecule has 2 aromatic rings. The topological polar surface area (TPSA) is 72.9 Å². The summed E-state index contributed by atoms with van der Waals surface area (Å²) in [5, 5.41) is 2.92. The first kappa shape index (κ1) is 14.8. The Morgan fingerprint density at radius 1 is 1.52 bits per heavy atom. The van der Waals surface area contributed by atoms with Crippen molar-refractivity contribution < 1.29 is 4.79 Å². The number of aryl methyl sites for hydroxylation is 1.